The van der Waals surface area contributed by atoms with Crippen molar-refractivity contribution < 1.29 is 27.8 Å². The molecule has 1 aromatic rings. The molecule has 1 aromatic carbocycles. The molecule has 8 heteroatoms. The van der Waals surface area contributed by atoms with E-state index >= 15 is 0 Å². The Bertz CT molecular complexity index is 642. The molecule has 0 aliphatic rings. The van der Waals surface area contributed by atoms with Crippen molar-refractivity contribution in [1.82, 2.24) is 5.32 Å². The van der Waals surface area contributed by atoms with Gasteiger partial charge in [0.05, 0.1) is 7.11 Å². The number of amides is 1. The van der Waals surface area contributed by atoms with Gasteiger partial charge in [-0.3, -0.25) is 4.79 Å². The number of hydrogen-bond acceptors (Lipinski definition) is 5. The molecule has 136 valence electrons. The van der Waals surface area contributed by atoms with Gasteiger partial charge in [0, 0.05) is 25.3 Å². The first-order valence-electron chi connectivity index (χ1n) is 7.63. The summed E-state index contributed by atoms with van der Waals surface area (Å²) in [4.78, 5) is 12.0. The van der Waals surface area contributed by atoms with E-state index in [1.54, 1.807) is 6.07 Å². The number of nitrogens with zero attached hydrogens (tertiary/aromatic N) is 1. The summed E-state index contributed by atoms with van der Waals surface area (Å²) in [6.07, 6.45) is 1.77. The van der Waals surface area contributed by atoms with Gasteiger partial charge in [-0.1, -0.05) is 12.1 Å². The first kappa shape index (κ1) is 20.4. The number of rotatable bonds is 10. The highest BCUT2D eigenvalue weighted by Crippen LogP contribution is 2.33. The van der Waals surface area contributed by atoms with Crippen LogP contribution in [0.4, 0.5) is 8.78 Å². The van der Waals surface area contributed by atoms with Gasteiger partial charge < -0.3 is 19.5 Å². The van der Waals surface area contributed by atoms with Crippen LogP contribution < -0.4 is 14.8 Å². The van der Waals surface area contributed by atoms with Gasteiger partial charge in [0.15, 0.2) is 11.5 Å². The van der Waals surface area contributed by atoms with Gasteiger partial charge >= 0.3 is 6.61 Å². The van der Waals surface area contributed by atoms with E-state index in [4.69, 9.17) is 9.47 Å². The number of nitrogens with one attached hydrogen (secondary N) is 1. The molecule has 0 aliphatic carbocycles. The third-order valence-electron chi connectivity index (χ3n) is 3.06. The fourth-order valence-electron chi connectivity index (χ4n) is 1.94. The summed E-state index contributed by atoms with van der Waals surface area (Å²) in [5, 5.41) is 11.7. The van der Waals surface area contributed by atoms with Crippen molar-refractivity contribution >= 4 is 12.0 Å². The van der Waals surface area contributed by atoms with E-state index in [1.165, 1.54) is 31.4 Å². The number of carbonyl (C=O) groups excluding carboxylic acids is 1. The van der Waals surface area contributed by atoms with Crippen LogP contribution in [-0.4, -0.2) is 39.4 Å². The number of ether oxygens (including phenoxy) is 3. The van der Waals surface area contributed by atoms with E-state index in [0.717, 1.165) is 0 Å². The van der Waals surface area contributed by atoms with Crippen LogP contribution in [0.2, 0.25) is 0 Å². The molecule has 0 spiro atoms. The number of nitriles is 1. The van der Waals surface area contributed by atoms with Crippen LogP contribution in [0.5, 0.6) is 11.5 Å². The Morgan fingerprint density at radius 1 is 1.44 bits per heavy atom. The normalized spacial score (nSPS) is 11.1. The van der Waals surface area contributed by atoms with Gasteiger partial charge in [-0.25, -0.2) is 0 Å². The summed E-state index contributed by atoms with van der Waals surface area (Å²) >= 11 is 0. The molecule has 1 amide bonds. The molecule has 0 bridgehead atoms. The average Bonchev–Trinajstić information content (AvgIpc) is 2.59. The fraction of sp³-hybridized carbons (Fsp3) is 0.412. The summed E-state index contributed by atoms with van der Waals surface area (Å²) in [6, 6.07) is 6.18. The Morgan fingerprint density at radius 2 is 2.20 bits per heavy atom. The second-order valence-electron chi connectivity index (χ2n) is 4.73. The minimum atomic E-state index is -3.07. The Morgan fingerprint density at radius 3 is 2.80 bits per heavy atom. The Kier molecular flexibility index (Phi) is 8.96. The molecule has 1 rings (SSSR count). The smallest absolute Gasteiger partial charge is 0.387 e. The fourth-order valence-corrected chi connectivity index (χ4v) is 1.94. The molecule has 0 aliphatic heterocycles. The van der Waals surface area contributed by atoms with Crippen molar-refractivity contribution in [2.24, 2.45) is 0 Å². The van der Waals surface area contributed by atoms with E-state index in [9.17, 15) is 18.8 Å². The molecule has 1 N–H and O–H groups in total. The number of carbonyl (C=O) groups is 1. The van der Waals surface area contributed by atoms with Crippen LogP contribution in [0.25, 0.3) is 6.08 Å². The highest BCUT2D eigenvalue weighted by atomic mass is 19.3. The van der Waals surface area contributed by atoms with E-state index in [1.807, 2.05) is 6.92 Å². The molecular weight excluding hydrogens is 334 g/mol. The second-order valence-corrected chi connectivity index (χ2v) is 4.73. The predicted molar refractivity (Wildman–Crippen MR) is 87.3 cm³/mol. The average molecular weight is 354 g/mol. The molecule has 0 fully saturated rings. The lowest BCUT2D eigenvalue weighted by Gasteiger charge is -2.12. The number of benzene rings is 1. The van der Waals surface area contributed by atoms with Crippen molar-refractivity contribution in [2.75, 3.05) is 26.9 Å². The van der Waals surface area contributed by atoms with E-state index in [-0.39, 0.29) is 22.6 Å². The molecular formula is C17H20F2N2O4. The summed E-state index contributed by atoms with van der Waals surface area (Å²) in [5.41, 5.74) is -0.0931. The van der Waals surface area contributed by atoms with Crippen LogP contribution in [0.3, 0.4) is 0 Å². The maximum Gasteiger partial charge on any atom is 0.387 e. The van der Waals surface area contributed by atoms with Crippen LogP contribution in [0, 0.1) is 11.3 Å². The van der Waals surface area contributed by atoms with Crippen molar-refractivity contribution in [3.63, 3.8) is 0 Å². The zero-order valence-electron chi connectivity index (χ0n) is 14.1. The molecule has 6 nitrogen and oxygen atoms in total. The quantitative estimate of drug-likeness (QED) is 0.397. The Balaban J connectivity index is 2.94. The zero-order valence-corrected chi connectivity index (χ0v) is 14.1. The van der Waals surface area contributed by atoms with Crippen molar-refractivity contribution in [2.45, 2.75) is 20.0 Å². The first-order valence-corrected chi connectivity index (χ1v) is 7.63. The predicted octanol–water partition coefficient (Wildman–Crippen LogP) is 2.75. The SMILES string of the molecule is CCOCCCNC(=O)C(C#N)=Cc1cccc(OC)c1OC(F)F. The van der Waals surface area contributed by atoms with Gasteiger partial charge in [-0.2, -0.15) is 14.0 Å². The number of para-hydroxylation sites is 1. The van der Waals surface area contributed by atoms with Crippen LogP contribution in [0.1, 0.15) is 18.9 Å². The van der Waals surface area contributed by atoms with Gasteiger partial charge in [-0.15, -0.1) is 0 Å². The van der Waals surface area contributed by atoms with Gasteiger partial charge in [0.2, 0.25) is 0 Å². The maximum atomic E-state index is 12.6. The summed E-state index contributed by atoms with van der Waals surface area (Å²) in [5.74, 6) is -0.773. The second kappa shape index (κ2) is 11.0. The molecule has 0 unspecified atom stereocenters. The zero-order chi connectivity index (χ0) is 18.7. The highest BCUT2D eigenvalue weighted by Gasteiger charge is 2.16. The number of alkyl halides is 2. The summed E-state index contributed by atoms with van der Waals surface area (Å²) < 4.78 is 39.8. The van der Waals surface area contributed by atoms with Crippen LogP contribution in [-0.2, 0) is 9.53 Å². The number of halogens is 2. The number of methoxy groups -OCH3 is 1. The van der Waals surface area contributed by atoms with Crippen molar-refractivity contribution in [3.05, 3.63) is 29.3 Å². The molecule has 0 saturated heterocycles. The molecule has 0 saturated carbocycles. The largest absolute Gasteiger partial charge is 0.493 e. The minimum Gasteiger partial charge on any atom is -0.493 e. The Hall–Kier alpha value is -2.66. The van der Waals surface area contributed by atoms with E-state index in [2.05, 4.69) is 10.1 Å². The summed E-state index contributed by atoms with van der Waals surface area (Å²) in [6.45, 7) is 0.199. The standard InChI is InChI=1S/C17H20F2N2O4/c1-3-24-9-5-8-21-16(22)13(11-20)10-12-6-4-7-14(23-2)15(12)25-17(18)19/h4,6-7,10,17H,3,5,8-9H2,1-2H3,(H,21,22). The lowest BCUT2D eigenvalue weighted by atomic mass is 10.1. The molecule has 0 radical (unpaired) electrons. The van der Waals surface area contributed by atoms with E-state index in [0.29, 0.717) is 26.2 Å². The van der Waals surface area contributed by atoms with Crippen molar-refractivity contribution in [1.29, 1.82) is 5.26 Å². The monoisotopic (exact) mass is 354 g/mol. The highest BCUT2D eigenvalue weighted by molar-refractivity contribution is 6.02. The van der Waals surface area contributed by atoms with Gasteiger partial charge in [-0.05, 0) is 25.5 Å². The third kappa shape index (κ3) is 6.77. The lowest BCUT2D eigenvalue weighted by molar-refractivity contribution is -0.117. The van der Waals surface area contributed by atoms with Crippen LogP contribution in [0.15, 0.2) is 23.8 Å². The topological polar surface area (TPSA) is 80.6 Å². The third-order valence-corrected chi connectivity index (χ3v) is 3.06. The van der Waals surface area contributed by atoms with Crippen molar-refractivity contribution in [3.8, 4) is 17.6 Å². The number of hydrogen-bond donors (Lipinski definition) is 1. The van der Waals surface area contributed by atoms with Gasteiger partial charge in [0.25, 0.3) is 5.91 Å². The molecule has 0 atom stereocenters. The molecule has 0 aromatic heterocycles. The molecule has 0 heterocycles. The maximum absolute atomic E-state index is 12.6. The lowest BCUT2D eigenvalue weighted by Crippen LogP contribution is -2.26. The first-order chi connectivity index (χ1) is 12.0. The van der Waals surface area contributed by atoms with E-state index < -0.39 is 12.5 Å². The summed E-state index contributed by atoms with van der Waals surface area (Å²) in [7, 11) is 1.30. The molecule has 25 heavy (non-hydrogen) atoms. The van der Waals surface area contributed by atoms with Gasteiger partial charge in [0.1, 0.15) is 11.6 Å². The minimum absolute atomic E-state index is 0.0727. The van der Waals surface area contributed by atoms with Crippen LogP contribution >= 0.6 is 0 Å². The Labute approximate surface area is 145 Å².